The van der Waals surface area contributed by atoms with Crippen molar-refractivity contribution in [3.05, 3.63) is 59.3 Å². The van der Waals surface area contributed by atoms with Gasteiger partial charge in [0, 0.05) is 49.5 Å². The smallest absolute Gasteiger partial charge is 0.274 e. The minimum atomic E-state index is -0.140. The summed E-state index contributed by atoms with van der Waals surface area (Å²) < 4.78 is 1.70. The van der Waals surface area contributed by atoms with E-state index in [1.807, 2.05) is 24.8 Å². The molecule has 8 nitrogen and oxygen atoms in total. The SMILES string of the molecule is Cc1cc(C)n2nc(C(=O)N3CCCC(CNC(=O)c4cccnc4)C3)cc2n1. The van der Waals surface area contributed by atoms with Gasteiger partial charge in [0.25, 0.3) is 11.8 Å². The molecule has 1 saturated heterocycles. The largest absolute Gasteiger partial charge is 0.352 e. The number of piperidine rings is 1. The van der Waals surface area contributed by atoms with E-state index in [2.05, 4.69) is 20.4 Å². The summed E-state index contributed by atoms with van der Waals surface area (Å²) >= 11 is 0. The number of carbonyl (C=O) groups excluding carboxylic acids is 2. The van der Waals surface area contributed by atoms with Crippen molar-refractivity contribution < 1.29 is 9.59 Å². The Bertz CT molecular complexity index is 1050. The Hall–Kier alpha value is -3.29. The number of nitrogens with zero attached hydrogens (tertiary/aromatic N) is 5. The van der Waals surface area contributed by atoms with E-state index in [9.17, 15) is 9.59 Å². The molecule has 0 spiro atoms. The van der Waals surface area contributed by atoms with Gasteiger partial charge in [-0.1, -0.05) is 0 Å². The van der Waals surface area contributed by atoms with Gasteiger partial charge >= 0.3 is 0 Å². The quantitative estimate of drug-likeness (QED) is 0.733. The molecule has 8 heteroatoms. The number of hydrogen-bond acceptors (Lipinski definition) is 5. The Morgan fingerprint density at radius 2 is 2.14 bits per heavy atom. The van der Waals surface area contributed by atoms with Crippen LogP contribution in [0.25, 0.3) is 5.65 Å². The molecule has 3 aromatic heterocycles. The van der Waals surface area contributed by atoms with Crippen LogP contribution in [0.1, 0.15) is 45.1 Å². The van der Waals surface area contributed by atoms with Crippen molar-refractivity contribution in [3.8, 4) is 0 Å². The monoisotopic (exact) mass is 392 g/mol. The van der Waals surface area contributed by atoms with Crippen molar-refractivity contribution in [1.29, 1.82) is 0 Å². The van der Waals surface area contributed by atoms with Crippen LogP contribution in [0.15, 0.2) is 36.7 Å². The molecule has 1 N–H and O–H groups in total. The Morgan fingerprint density at radius 3 is 2.93 bits per heavy atom. The third-order valence-corrected chi connectivity index (χ3v) is 5.23. The van der Waals surface area contributed by atoms with Gasteiger partial charge in [-0.2, -0.15) is 5.10 Å². The van der Waals surface area contributed by atoms with Crippen LogP contribution in [-0.2, 0) is 0 Å². The van der Waals surface area contributed by atoms with Gasteiger partial charge < -0.3 is 10.2 Å². The van der Waals surface area contributed by atoms with Gasteiger partial charge in [0.1, 0.15) is 0 Å². The van der Waals surface area contributed by atoms with Crippen LogP contribution in [0.4, 0.5) is 0 Å². The lowest BCUT2D eigenvalue weighted by atomic mass is 9.97. The number of likely N-dealkylation sites (tertiary alicyclic amines) is 1. The zero-order valence-electron chi connectivity index (χ0n) is 16.6. The number of amides is 2. The van der Waals surface area contributed by atoms with Crippen molar-refractivity contribution in [1.82, 2.24) is 29.8 Å². The summed E-state index contributed by atoms with van der Waals surface area (Å²) in [5.74, 6) is -0.0119. The van der Waals surface area contributed by atoms with E-state index < -0.39 is 0 Å². The first-order valence-electron chi connectivity index (χ1n) is 9.83. The molecule has 0 aromatic carbocycles. The van der Waals surface area contributed by atoms with Crippen LogP contribution in [0.5, 0.6) is 0 Å². The van der Waals surface area contributed by atoms with E-state index in [0.717, 1.165) is 24.2 Å². The van der Waals surface area contributed by atoms with E-state index in [0.29, 0.717) is 36.5 Å². The Balaban J connectivity index is 1.41. The number of nitrogens with one attached hydrogen (secondary N) is 1. The first-order valence-corrected chi connectivity index (χ1v) is 9.83. The molecule has 0 aliphatic carbocycles. The molecule has 29 heavy (non-hydrogen) atoms. The van der Waals surface area contributed by atoms with E-state index in [1.165, 1.54) is 0 Å². The molecule has 1 aliphatic heterocycles. The highest BCUT2D eigenvalue weighted by Gasteiger charge is 2.26. The number of fused-ring (bicyclic) bond motifs is 1. The average molecular weight is 392 g/mol. The van der Waals surface area contributed by atoms with Crippen molar-refractivity contribution in [2.45, 2.75) is 26.7 Å². The predicted molar refractivity (Wildman–Crippen MR) is 108 cm³/mol. The third-order valence-electron chi connectivity index (χ3n) is 5.23. The third kappa shape index (κ3) is 4.11. The zero-order valence-corrected chi connectivity index (χ0v) is 16.6. The average Bonchev–Trinajstić information content (AvgIpc) is 3.16. The lowest BCUT2D eigenvalue weighted by molar-refractivity contribution is 0.0664. The summed E-state index contributed by atoms with van der Waals surface area (Å²) in [5.41, 5.74) is 3.48. The maximum absolute atomic E-state index is 13.0. The van der Waals surface area contributed by atoms with Gasteiger partial charge in [-0.3, -0.25) is 14.6 Å². The highest BCUT2D eigenvalue weighted by molar-refractivity contribution is 5.94. The van der Waals surface area contributed by atoms with Crippen molar-refractivity contribution in [2.24, 2.45) is 5.92 Å². The van der Waals surface area contributed by atoms with Crippen molar-refractivity contribution >= 4 is 17.5 Å². The van der Waals surface area contributed by atoms with Crippen LogP contribution >= 0.6 is 0 Å². The molecule has 1 atom stereocenters. The van der Waals surface area contributed by atoms with E-state index in [-0.39, 0.29) is 17.7 Å². The second-order valence-electron chi connectivity index (χ2n) is 7.55. The molecule has 2 amide bonds. The number of aryl methyl sites for hydroxylation is 2. The fraction of sp³-hybridized carbons (Fsp3) is 0.381. The molecular formula is C21H24N6O2. The maximum Gasteiger partial charge on any atom is 0.274 e. The van der Waals surface area contributed by atoms with Crippen LogP contribution in [0, 0.1) is 19.8 Å². The number of aromatic nitrogens is 4. The molecule has 150 valence electrons. The van der Waals surface area contributed by atoms with Gasteiger partial charge in [0.05, 0.1) is 5.56 Å². The predicted octanol–water partition coefficient (Wildman–Crippen LogP) is 2.02. The summed E-state index contributed by atoms with van der Waals surface area (Å²) in [6.45, 7) is 5.71. The highest BCUT2D eigenvalue weighted by Crippen LogP contribution is 2.19. The van der Waals surface area contributed by atoms with Crippen LogP contribution in [-0.4, -0.2) is 55.9 Å². The van der Waals surface area contributed by atoms with Gasteiger partial charge in [-0.25, -0.2) is 9.50 Å². The van der Waals surface area contributed by atoms with Gasteiger partial charge in [-0.05, 0) is 50.8 Å². The summed E-state index contributed by atoms with van der Waals surface area (Å²) in [4.78, 5) is 35.5. The maximum atomic E-state index is 13.0. The standard InChI is InChI=1S/C21H24N6O2/c1-14-9-15(2)27-19(24-14)10-18(25-27)21(29)26-8-4-5-16(13-26)11-23-20(28)17-6-3-7-22-12-17/h3,6-7,9-10,12,16H,4-5,8,11,13H2,1-2H3,(H,23,28). The molecule has 0 saturated carbocycles. The number of hydrogen-bond donors (Lipinski definition) is 1. The minimum absolute atomic E-state index is 0.0872. The second-order valence-corrected chi connectivity index (χ2v) is 7.55. The normalized spacial score (nSPS) is 16.8. The summed E-state index contributed by atoms with van der Waals surface area (Å²) in [5, 5.41) is 7.41. The molecule has 1 unspecified atom stereocenters. The lowest BCUT2D eigenvalue weighted by Gasteiger charge is -2.32. The number of pyridine rings is 1. The minimum Gasteiger partial charge on any atom is -0.352 e. The molecule has 0 bridgehead atoms. The fourth-order valence-corrected chi connectivity index (χ4v) is 3.81. The Labute approximate surface area is 169 Å². The van der Waals surface area contributed by atoms with Crippen molar-refractivity contribution in [2.75, 3.05) is 19.6 Å². The van der Waals surface area contributed by atoms with Crippen LogP contribution in [0.3, 0.4) is 0 Å². The molecule has 3 aromatic rings. The Morgan fingerprint density at radius 1 is 1.28 bits per heavy atom. The Kier molecular flexibility index (Phi) is 5.24. The first kappa shape index (κ1) is 19.0. The first-order chi connectivity index (χ1) is 14.0. The van der Waals surface area contributed by atoms with E-state index >= 15 is 0 Å². The van der Waals surface area contributed by atoms with E-state index in [4.69, 9.17) is 0 Å². The lowest BCUT2D eigenvalue weighted by Crippen LogP contribution is -2.43. The summed E-state index contributed by atoms with van der Waals surface area (Å²) in [7, 11) is 0. The molecule has 1 fully saturated rings. The van der Waals surface area contributed by atoms with Gasteiger partial charge in [-0.15, -0.1) is 0 Å². The molecular weight excluding hydrogens is 368 g/mol. The highest BCUT2D eigenvalue weighted by atomic mass is 16.2. The van der Waals surface area contributed by atoms with Gasteiger partial charge in [0.2, 0.25) is 0 Å². The topological polar surface area (TPSA) is 92.5 Å². The van der Waals surface area contributed by atoms with E-state index in [1.54, 1.807) is 35.1 Å². The molecule has 1 aliphatic rings. The molecule has 4 rings (SSSR count). The van der Waals surface area contributed by atoms with Crippen molar-refractivity contribution in [3.63, 3.8) is 0 Å². The molecule has 4 heterocycles. The number of carbonyl (C=O) groups is 2. The van der Waals surface area contributed by atoms with Crippen LogP contribution in [0.2, 0.25) is 0 Å². The zero-order chi connectivity index (χ0) is 20.4. The molecule has 0 radical (unpaired) electrons. The number of rotatable bonds is 4. The van der Waals surface area contributed by atoms with Crippen LogP contribution < -0.4 is 5.32 Å². The van der Waals surface area contributed by atoms with Gasteiger partial charge in [0.15, 0.2) is 11.3 Å². The fourth-order valence-electron chi connectivity index (χ4n) is 3.81. The second kappa shape index (κ2) is 7.98. The summed E-state index contributed by atoms with van der Waals surface area (Å²) in [6, 6.07) is 7.16. The summed E-state index contributed by atoms with van der Waals surface area (Å²) in [6.07, 6.45) is 5.07.